The summed E-state index contributed by atoms with van der Waals surface area (Å²) in [6.07, 6.45) is 5.79. The van der Waals surface area contributed by atoms with Crippen molar-refractivity contribution in [3.63, 3.8) is 0 Å². The van der Waals surface area contributed by atoms with E-state index < -0.39 is 15.4 Å². The predicted octanol–water partition coefficient (Wildman–Crippen LogP) is 1.52. The Balaban J connectivity index is 2.13. The van der Waals surface area contributed by atoms with Gasteiger partial charge in [-0.2, -0.15) is 0 Å². The van der Waals surface area contributed by atoms with E-state index in [1.807, 2.05) is 0 Å². The highest BCUT2D eigenvalue weighted by Crippen LogP contribution is 2.28. The van der Waals surface area contributed by atoms with E-state index in [1.54, 1.807) is 0 Å². The third-order valence-corrected chi connectivity index (χ3v) is 5.17. The van der Waals surface area contributed by atoms with Gasteiger partial charge in [-0.05, 0) is 37.1 Å². The molecular weight excluding hydrogens is 290 g/mol. The first-order valence-electron chi connectivity index (χ1n) is 7.10. The van der Waals surface area contributed by atoms with Crippen LogP contribution in [-0.2, 0) is 9.84 Å². The lowest BCUT2D eigenvalue weighted by Gasteiger charge is -2.36. The molecule has 1 saturated carbocycles. The van der Waals surface area contributed by atoms with Crippen LogP contribution in [0.1, 0.15) is 42.5 Å². The Bertz CT molecular complexity index is 601. The average Bonchev–Trinajstić information content (AvgIpc) is 2.47. The molecule has 2 rings (SSSR count). The van der Waals surface area contributed by atoms with Crippen LogP contribution in [0.3, 0.4) is 0 Å². The number of hydrogen-bond acceptors (Lipinski definition) is 4. The van der Waals surface area contributed by atoms with Gasteiger partial charge in [-0.3, -0.25) is 4.79 Å². The molecule has 1 aromatic carbocycles. The molecule has 1 fully saturated rings. The lowest BCUT2D eigenvalue weighted by molar-refractivity contribution is 0.0758. The number of benzene rings is 1. The molecule has 6 heteroatoms. The standard InChI is InChI=1S/C15H21NO4S/c1-21(19,20)13-7-5-12(6-8-13)14(18)16-15(11-17)9-3-2-4-10-15/h5-8,17H,2-4,9-11H2,1H3,(H,16,18). The molecular formula is C15H21NO4S. The van der Waals surface area contributed by atoms with Gasteiger partial charge in [0, 0.05) is 11.8 Å². The van der Waals surface area contributed by atoms with Crippen molar-refractivity contribution in [1.82, 2.24) is 5.32 Å². The molecule has 0 unspecified atom stereocenters. The molecule has 0 bridgehead atoms. The summed E-state index contributed by atoms with van der Waals surface area (Å²) in [6.45, 7) is -0.0693. The van der Waals surface area contributed by atoms with E-state index in [9.17, 15) is 18.3 Å². The lowest BCUT2D eigenvalue weighted by Crippen LogP contribution is -2.52. The summed E-state index contributed by atoms with van der Waals surface area (Å²) in [5.74, 6) is -0.272. The maximum atomic E-state index is 12.3. The van der Waals surface area contributed by atoms with Gasteiger partial charge < -0.3 is 10.4 Å². The summed E-state index contributed by atoms with van der Waals surface area (Å²) in [6, 6.07) is 5.85. The van der Waals surface area contributed by atoms with Gasteiger partial charge in [0.05, 0.1) is 17.0 Å². The summed E-state index contributed by atoms with van der Waals surface area (Å²) < 4.78 is 22.8. The molecule has 0 aliphatic heterocycles. The first kappa shape index (κ1) is 16.0. The topological polar surface area (TPSA) is 83.5 Å². The third kappa shape index (κ3) is 3.83. The maximum Gasteiger partial charge on any atom is 0.251 e. The largest absolute Gasteiger partial charge is 0.394 e. The number of amides is 1. The van der Waals surface area contributed by atoms with Crippen molar-refractivity contribution in [2.75, 3.05) is 12.9 Å². The molecule has 116 valence electrons. The Labute approximate surface area is 125 Å². The van der Waals surface area contributed by atoms with E-state index in [4.69, 9.17) is 0 Å². The minimum atomic E-state index is -3.26. The SMILES string of the molecule is CS(=O)(=O)c1ccc(C(=O)NC2(CO)CCCCC2)cc1. The Kier molecular flexibility index (Phi) is 4.68. The fourth-order valence-corrected chi connectivity index (χ4v) is 3.35. The number of nitrogens with one attached hydrogen (secondary N) is 1. The van der Waals surface area contributed by atoms with Crippen molar-refractivity contribution in [2.45, 2.75) is 42.5 Å². The van der Waals surface area contributed by atoms with Crippen LogP contribution in [0.5, 0.6) is 0 Å². The van der Waals surface area contributed by atoms with Gasteiger partial charge in [0.1, 0.15) is 0 Å². The van der Waals surface area contributed by atoms with Gasteiger partial charge in [0.15, 0.2) is 9.84 Å². The Morgan fingerprint density at radius 1 is 1.19 bits per heavy atom. The molecule has 1 amide bonds. The van der Waals surface area contributed by atoms with E-state index >= 15 is 0 Å². The van der Waals surface area contributed by atoms with Crippen LogP contribution < -0.4 is 5.32 Å². The molecule has 0 radical (unpaired) electrons. The smallest absolute Gasteiger partial charge is 0.251 e. The van der Waals surface area contributed by atoms with Gasteiger partial charge in [-0.25, -0.2) is 8.42 Å². The zero-order valence-electron chi connectivity index (χ0n) is 12.1. The van der Waals surface area contributed by atoms with Crippen LogP contribution in [0.15, 0.2) is 29.2 Å². The second-order valence-electron chi connectivity index (χ2n) is 5.75. The first-order valence-corrected chi connectivity index (χ1v) is 8.99. The molecule has 0 heterocycles. The van der Waals surface area contributed by atoms with E-state index in [1.165, 1.54) is 24.3 Å². The van der Waals surface area contributed by atoms with E-state index in [0.717, 1.165) is 38.4 Å². The molecule has 0 atom stereocenters. The predicted molar refractivity (Wildman–Crippen MR) is 79.9 cm³/mol. The Morgan fingerprint density at radius 3 is 2.24 bits per heavy atom. The van der Waals surface area contributed by atoms with E-state index in [-0.39, 0.29) is 17.4 Å². The Morgan fingerprint density at radius 2 is 1.76 bits per heavy atom. The molecule has 5 nitrogen and oxygen atoms in total. The van der Waals surface area contributed by atoms with Gasteiger partial charge >= 0.3 is 0 Å². The van der Waals surface area contributed by atoms with E-state index in [2.05, 4.69) is 5.32 Å². The van der Waals surface area contributed by atoms with Crippen molar-refractivity contribution in [2.24, 2.45) is 0 Å². The van der Waals surface area contributed by atoms with Crippen LogP contribution >= 0.6 is 0 Å². The third-order valence-electron chi connectivity index (χ3n) is 4.04. The van der Waals surface area contributed by atoms with Crippen LogP contribution in [-0.4, -0.2) is 37.8 Å². The Hall–Kier alpha value is -1.40. The second-order valence-corrected chi connectivity index (χ2v) is 7.77. The maximum absolute atomic E-state index is 12.3. The highest BCUT2D eigenvalue weighted by atomic mass is 32.2. The van der Waals surface area contributed by atoms with Crippen molar-refractivity contribution >= 4 is 15.7 Å². The van der Waals surface area contributed by atoms with E-state index in [0.29, 0.717) is 5.56 Å². The van der Waals surface area contributed by atoms with Crippen LogP contribution in [0.25, 0.3) is 0 Å². The van der Waals surface area contributed by atoms with Crippen molar-refractivity contribution < 1.29 is 18.3 Å². The number of carbonyl (C=O) groups is 1. The molecule has 21 heavy (non-hydrogen) atoms. The lowest BCUT2D eigenvalue weighted by atomic mass is 9.82. The van der Waals surface area contributed by atoms with Crippen LogP contribution in [0.2, 0.25) is 0 Å². The fourth-order valence-electron chi connectivity index (χ4n) is 2.72. The minimum Gasteiger partial charge on any atom is -0.394 e. The highest BCUT2D eigenvalue weighted by Gasteiger charge is 2.33. The summed E-state index contributed by atoms with van der Waals surface area (Å²) in [5, 5.41) is 12.5. The molecule has 0 saturated heterocycles. The van der Waals surface area contributed by atoms with Gasteiger partial charge in [-0.1, -0.05) is 19.3 Å². The minimum absolute atomic E-state index is 0.0693. The molecule has 2 N–H and O–H groups in total. The summed E-state index contributed by atoms with van der Waals surface area (Å²) in [5.41, 5.74) is -0.133. The molecule has 0 spiro atoms. The monoisotopic (exact) mass is 311 g/mol. The zero-order valence-corrected chi connectivity index (χ0v) is 12.9. The highest BCUT2D eigenvalue weighted by molar-refractivity contribution is 7.90. The van der Waals surface area contributed by atoms with Crippen LogP contribution in [0.4, 0.5) is 0 Å². The van der Waals surface area contributed by atoms with Crippen molar-refractivity contribution in [1.29, 1.82) is 0 Å². The number of carbonyl (C=O) groups excluding carboxylic acids is 1. The fraction of sp³-hybridized carbons (Fsp3) is 0.533. The van der Waals surface area contributed by atoms with Gasteiger partial charge in [0.25, 0.3) is 5.91 Å². The number of aliphatic hydroxyl groups is 1. The molecule has 1 aliphatic carbocycles. The first-order chi connectivity index (χ1) is 9.86. The second kappa shape index (κ2) is 6.15. The van der Waals surface area contributed by atoms with Crippen molar-refractivity contribution in [3.8, 4) is 0 Å². The van der Waals surface area contributed by atoms with Gasteiger partial charge in [0.2, 0.25) is 0 Å². The quantitative estimate of drug-likeness (QED) is 0.883. The molecule has 1 aliphatic rings. The summed E-state index contributed by atoms with van der Waals surface area (Å²) >= 11 is 0. The molecule has 0 aromatic heterocycles. The summed E-state index contributed by atoms with van der Waals surface area (Å²) in [7, 11) is -3.26. The number of sulfone groups is 1. The number of hydrogen-bond donors (Lipinski definition) is 2. The average molecular weight is 311 g/mol. The number of aliphatic hydroxyl groups excluding tert-OH is 1. The zero-order chi connectivity index (χ0) is 15.5. The van der Waals surface area contributed by atoms with Gasteiger partial charge in [-0.15, -0.1) is 0 Å². The number of rotatable bonds is 4. The summed E-state index contributed by atoms with van der Waals surface area (Å²) in [4.78, 5) is 12.5. The van der Waals surface area contributed by atoms with Crippen molar-refractivity contribution in [3.05, 3.63) is 29.8 Å². The normalized spacial score (nSPS) is 18.2. The van der Waals surface area contributed by atoms with Crippen LogP contribution in [0, 0.1) is 0 Å². The molecule has 1 aromatic rings.